The molecule has 19 heavy (non-hydrogen) atoms. The van der Waals surface area contributed by atoms with E-state index in [1.807, 2.05) is 30.3 Å². The topological polar surface area (TPSA) is 46.2 Å². The first-order valence-electron chi connectivity index (χ1n) is 6.80. The van der Waals surface area contributed by atoms with Gasteiger partial charge < -0.3 is 0 Å². The Morgan fingerprint density at radius 2 is 1.74 bits per heavy atom. The lowest BCUT2D eigenvalue weighted by Crippen LogP contribution is -2.36. The lowest BCUT2D eigenvalue weighted by Gasteiger charge is -2.26. The molecule has 1 aliphatic carbocycles. The molecule has 0 heterocycles. The fraction of sp³-hybridized carbons (Fsp3) is 0.467. The molecule has 0 atom stereocenters. The smallest absolute Gasteiger partial charge is 0.209 e. The molecule has 104 valence electrons. The first kappa shape index (κ1) is 14.3. The fourth-order valence-corrected chi connectivity index (χ4v) is 3.50. The summed E-state index contributed by atoms with van der Waals surface area (Å²) in [5, 5.41) is 1.26. The maximum atomic E-state index is 12.0. The second-order valence-electron chi connectivity index (χ2n) is 5.33. The van der Waals surface area contributed by atoms with Crippen molar-refractivity contribution in [2.75, 3.05) is 0 Å². The Morgan fingerprint density at radius 3 is 2.37 bits per heavy atom. The highest BCUT2D eigenvalue weighted by atomic mass is 32.2. The van der Waals surface area contributed by atoms with Crippen molar-refractivity contribution >= 4 is 16.1 Å². The van der Waals surface area contributed by atoms with Crippen LogP contribution < -0.4 is 4.72 Å². The molecule has 0 aliphatic heterocycles. The van der Waals surface area contributed by atoms with Gasteiger partial charge >= 0.3 is 0 Å². The largest absolute Gasteiger partial charge is 0.233 e. The minimum Gasteiger partial charge on any atom is -0.209 e. The van der Waals surface area contributed by atoms with Gasteiger partial charge in [-0.3, -0.25) is 0 Å². The summed E-state index contributed by atoms with van der Waals surface area (Å²) in [7, 11) is -3.33. The molecule has 0 saturated heterocycles. The van der Waals surface area contributed by atoms with Gasteiger partial charge in [-0.15, -0.1) is 0 Å². The second-order valence-corrected chi connectivity index (χ2v) is 6.93. The van der Waals surface area contributed by atoms with Crippen molar-refractivity contribution in [1.29, 1.82) is 0 Å². The van der Waals surface area contributed by atoms with E-state index in [1.54, 1.807) is 6.08 Å². The van der Waals surface area contributed by atoms with Crippen LogP contribution in [0.25, 0.3) is 6.08 Å². The van der Waals surface area contributed by atoms with Crippen LogP contribution in [0.1, 0.15) is 38.2 Å². The molecule has 4 heteroatoms. The average Bonchev–Trinajstić information content (AvgIpc) is 2.40. The van der Waals surface area contributed by atoms with E-state index in [0.29, 0.717) is 0 Å². The van der Waals surface area contributed by atoms with Crippen molar-refractivity contribution in [2.45, 2.75) is 38.6 Å². The molecule has 0 amide bonds. The lowest BCUT2D eigenvalue weighted by molar-refractivity contribution is 0.332. The van der Waals surface area contributed by atoms with Gasteiger partial charge in [-0.25, -0.2) is 13.1 Å². The molecule has 3 nitrogen and oxygen atoms in total. The van der Waals surface area contributed by atoms with Crippen LogP contribution in [0, 0.1) is 5.92 Å². The minimum atomic E-state index is -3.33. The predicted octanol–water partition coefficient (Wildman–Crippen LogP) is 3.16. The van der Waals surface area contributed by atoms with Crippen molar-refractivity contribution in [2.24, 2.45) is 5.92 Å². The highest BCUT2D eigenvalue weighted by Gasteiger charge is 2.21. The Balaban J connectivity index is 1.94. The van der Waals surface area contributed by atoms with Crippen molar-refractivity contribution in [3.63, 3.8) is 0 Å². The van der Waals surface area contributed by atoms with Crippen molar-refractivity contribution < 1.29 is 8.42 Å². The Bertz CT molecular complexity index is 514. The molecule has 0 unspecified atom stereocenters. The van der Waals surface area contributed by atoms with Crippen molar-refractivity contribution in [1.82, 2.24) is 4.72 Å². The summed E-state index contributed by atoms with van der Waals surface area (Å²) in [6.45, 7) is 2.22. The van der Waals surface area contributed by atoms with Gasteiger partial charge in [-0.2, -0.15) is 0 Å². The SMILES string of the molecule is CC1CCC(NS(=O)(=O)C=Cc2ccccc2)CC1. The summed E-state index contributed by atoms with van der Waals surface area (Å²) in [5.74, 6) is 0.723. The van der Waals surface area contributed by atoms with E-state index in [0.717, 1.165) is 37.2 Å². The number of hydrogen-bond acceptors (Lipinski definition) is 2. The molecule has 0 bridgehead atoms. The molecule has 0 radical (unpaired) electrons. The summed E-state index contributed by atoms with van der Waals surface area (Å²) in [4.78, 5) is 0. The van der Waals surface area contributed by atoms with Crippen LogP contribution in [0.5, 0.6) is 0 Å². The summed E-state index contributed by atoms with van der Waals surface area (Å²) < 4.78 is 26.7. The molecule has 0 spiro atoms. The zero-order valence-electron chi connectivity index (χ0n) is 11.2. The summed E-state index contributed by atoms with van der Waals surface area (Å²) in [5.41, 5.74) is 0.894. The zero-order valence-corrected chi connectivity index (χ0v) is 12.1. The average molecular weight is 279 g/mol. The predicted molar refractivity (Wildman–Crippen MR) is 79.0 cm³/mol. The van der Waals surface area contributed by atoms with Gasteiger partial charge in [0.25, 0.3) is 0 Å². The Hall–Kier alpha value is -1.13. The van der Waals surface area contributed by atoms with Gasteiger partial charge in [0.1, 0.15) is 0 Å². The number of hydrogen-bond donors (Lipinski definition) is 1. The lowest BCUT2D eigenvalue weighted by atomic mass is 9.88. The molecule has 2 rings (SSSR count). The van der Waals surface area contributed by atoms with Crippen LogP contribution in [0.3, 0.4) is 0 Å². The van der Waals surface area contributed by atoms with Crippen molar-refractivity contribution in [3.05, 3.63) is 41.3 Å². The normalized spacial score (nSPS) is 24.7. The van der Waals surface area contributed by atoms with E-state index in [4.69, 9.17) is 0 Å². The van der Waals surface area contributed by atoms with Gasteiger partial charge in [0, 0.05) is 11.4 Å². The Kier molecular flexibility index (Phi) is 4.77. The molecular weight excluding hydrogens is 258 g/mol. The van der Waals surface area contributed by atoms with Crippen LogP contribution in [0.2, 0.25) is 0 Å². The zero-order chi connectivity index (χ0) is 13.7. The van der Waals surface area contributed by atoms with Gasteiger partial charge in [0.15, 0.2) is 0 Å². The monoisotopic (exact) mass is 279 g/mol. The number of nitrogens with one attached hydrogen (secondary N) is 1. The third-order valence-electron chi connectivity index (χ3n) is 3.59. The first-order chi connectivity index (χ1) is 9.05. The van der Waals surface area contributed by atoms with Crippen LogP contribution in [0.4, 0.5) is 0 Å². The van der Waals surface area contributed by atoms with Gasteiger partial charge in [-0.1, -0.05) is 37.3 Å². The number of rotatable bonds is 4. The highest BCUT2D eigenvalue weighted by molar-refractivity contribution is 7.92. The van der Waals surface area contributed by atoms with E-state index in [9.17, 15) is 8.42 Å². The van der Waals surface area contributed by atoms with Crippen LogP contribution in [0.15, 0.2) is 35.7 Å². The molecule has 1 aromatic carbocycles. The van der Waals surface area contributed by atoms with E-state index < -0.39 is 10.0 Å². The van der Waals surface area contributed by atoms with E-state index in [-0.39, 0.29) is 6.04 Å². The van der Waals surface area contributed by atoms with Crippen LogP contribution in [-0.4, -0.2) is 14.5 Å². The van der Waals surface area contributed by atoms with Crippen LogP contribution in [-0.2, 0) is 10.0 Å². The molecule has 0 aromatic heterocycles. The van der Waals surface area contributed by atoms with Gasteiger partial charge in [0.2, 0.25) is 10.0 Å². The second kappa shape index (κ2) is 6.35. The third-order valence-corrected chi connectivity index (χ3v) is 4.74. The Morgan fingerprint density at radius 1 is 1.11 bits per heavy atom. The maximum absolute atomic E-state index is 12.0. The minimum absolute atomic E-state index is 0.0987. The molecule has 1 saturated carbocycles. The van der Waals surface area contributed by atoms with Crippen molar-refractivity contribution in [3.8, 4) is 0 Å². The molecular formula is C15H21NO2S. The molecule has 1 aromatic rings. The molecule has 1 aliphatic rings. The fourth-order valence-electron chi connectivity index (χ4n) is 2.38. The van der Waals surface area contributed by atoms with Gasteiger partial charge in [-0.05, 0) is 43.2 Å². The first-order valence-corrected chi connectivity index (χ1v) is 8.35. The summed E-state index contributed by atoms with van der Waals surface area (Å²) in [6.07, 6.45) is 5.73. The van der Waals surface area contributed by atoms with E-state index >= 15 is 0 Å². The molecule has 1 fully saturated rings. The summed E-state index contributed by atoms with van der Waals surface area (Å²) in [6, 6.07) is 9.56. The number of benzene rings is 1. The quantitative estimate of drug-likeness (QED) is 0.920. The standard InChI is InChI=1S/C15H21NO2S/c1-13-7-9-15(10-8-13)16-19(17,18)12-11-14-5-3-2-4-6-14/h2-6,11-13,15-16H,7-10H2,1H3. The third kappa shape index (κ3) is 4.80. The Labute approximate surface area is 115 Å². The van der Waals surface area contributed by atoms with Gasteiger partial charge in [0.05, 0.1) is 0 Å². The highest BCUT2D eigenvalue weighted by Crippen LogP contribution is 2.23. The van der Waals surface area contributed by atoms with Crippen LogP contribution >= 0.6 is 0 Å². The molecule has 1 N–H and O–H groups in total. The summed E-state index contributed by atoms with van der Waals surface area (Å²) >= 11 is 0. The maximum Gasteiger partial charge on any atom is 0.233 e. The van der Waals surface area contributed by atoms with E-state index in [1.165, 1.54) is 5.41 Å². The van der Waals surface area contributed by atoms with E-state index in [2.05, 4.69) is 11.6 Å². The number of sulfonamides is 1.